The first-order chi connectivity index (χ1) is 12.7. The number of aliphatic carboxylic acids is 1. The second-order valence-electron chi connectivity index (χ2n) is 7.10. The molecule has 7 nitrogen and oxygen atoms in total. The summed E-state index contributed by atoms with van der Waals surface area (Å²) in [5, 5.41) is 14.4. The predicted molar refractivity (Wildman–Crippen MR) is 102 cm³/mol. The van der Waals surface area contributed by atoms with Gasteiger partial charge in [0.25, 0.3) is 0 Å². The molecule has 0 bridgehead atoms. The van der Waals surface area contributed by atoms with Crippen molar-refractivity contribution < 1.29 is 24.2 Å². The molecule has 1 aromatic carbocycles. The van der Waals surface area contributed by atoms with Crippen molar-refractivity contribution in [3.63, 3.8) is 0 Å². The monoisotopic (exact) mass is 378 g/mol. The minimum absolute atomic E-state index is 0.0906. The highest BCUT2D eigenvalue weighted by Crippen LogP contribution is 2.11. The van der Waals surface area contributed by atoms with Gasteiger partial charge in [-0.25, -0.2) is 9.59 Å². The summed E-state index contributed by atoms with van der Waals surface area (Å²) in [6.45, 7) is 7.55. The first-order valence-electron chi connectivity index (χ1n) is 9.24. The second-order valence-corrected chi connectivity index (χ2v) is 7.10. The highest BCUT2D eigenvalue weighted by atomic mass is 16.5. The topological polar surface area (TPSA) is 105 Å². The molecule has 0 aromatic heterocycles. The van der Waals surface area contributed by atoms with Crippen LogP contribution in [0.5, 0.6) is 0 Å². The number of amides is 2. The summed E-state index contributed by atoms with van der Waals surface area (Å²) in [5.74, 6) is -1.71. The number of carboxylic acids is 1. The van der Waals surface area contributed by atoms with E-state index in [1.165, 1.54) is 0 Å². The van der Waals surface area contributed by atoms with Crippen LogP contribution in [0.15, 0.2) is 30.3 Å². The number of carboxylic acid groups (broad SMARTS) is 1. The van der Waals surface area contributed by atoms with E-state index in [9.17, 15) is 19.5 Å². The van der Waals surface area contributed by atoms with Gasteiger partial charge in [-0.15, -0.1) is 0 Å². The molecule has 0 aliphatic heterocycles. The van der Waals surface area contributed by atoms with Gasteiger partial charge < -0.3 is 20.5 Å². The van der Waals surface area contributed by atoms with E-state index in [1.807, 2.05) is 51.1 Å². The van der Waals surface area contributed by atoms with Crippen LogP contribution in [0.25, 0.3) is 0 Å². The first-order valence-corrected chi connectivity index (χ1v) is 9.24. The standard InChI is InChI=1S/C20H30N2O5/c1-5-14(4)17(19(24)25)22-18(23)16(11-13(2)3)21-20(26)27-12-15-9-7-6-8-10-15/h6-10,13-14,16-17H,5,11-12H2,1-4H3,(H,21,26)(H,22,23)(H,24,25)/t14?,16-,17-/m1/s1. The van der Waals surface area contributed by atoms with E-state index in [2.05, 4.69) is 10.6 Å². The van der Waals surface area contributed by atoms with Gasteiger partial charge in [-0.05, 0) is 23.8 Å². The molecule has 7 heteroatoms. The number of alkyl carbamates (subject to hydrolysis) is 1. The lowest BCUT2D eigenvalue weighted by molar-refractivity contribution is -0.143. The molecule has 0 spiro atoms. The Labute approximate surface area is 160 Å². The molecule has 3 N–H and O–H groups in total. The van der Waals surface area contributed by atoms with E-state index >= 15 is 0 Å². The Bertz CT molecular complexity index is 618. The molecule has 0 fully saturated rings. The van der Waals surface area contributed by atoms with Gasteiger partial charge in [0.15, 0.2) is 0 Å². The average molecular weight is 378 g/mol. The summed E-state index contributed by atoms with van der Waals surface area (Å²) in [7, 11) is 0. The molecule has 0 aliphatic carbocycles. The Hall–Kier alpha value is -2.57. The molecule has 0 radical (unpaired) electrons. The molecule has 1 unspecified atom stereocenters. The third-order valence-corrected chi connectivity index (χ3v) is 4.31. The van der Waals surface area contributed by atoms with Crippen molar-refractivity contribution in [1.82, 2.24) is 10.6 Å². The maximum Gasteiger partial charge on any atom is 0.408 e. The molecular weight excluding hydrogens is 348 g/mol. The van der Waals surface area contributed by atoms with Crippen molar-refractivity contribution in [3.8, 4) is 0 Å². The molecule has 3 atom stereocenters. The largest absolute Gasteiger partial charge is 0.480 e. The second kappa shape index (κ2) is 11.2. The Balaban J connectivity index is 2.71. The van der Waals surface area contributed by atoms with E-state index in [1.54, 1.807) is 6.92 Å². The van der Waals surface area contributed by atoms with E-state index in [0.29, 0.717) is 12.8 Å². The number of hydrogen-bond donors (Lipinski definition) is 3. The number of nitrogens with one attached hydrogen (secondary N) is 2. The number of benzene rings is 1. The van der Waals surface area contributed by atoms with Crippen LogP contribution in [0.1, 0.15) is 46.1 Å². The van der Waals surface area contributed by atoms with Crippen LogP contribution in [0.2, 0.25) is 0 Å². The van der Waals surface area contributed by atoms with Gasteiger partial charge in [-0.2, -0.15) is 0 Å². The van der Waals surface area contributed by atoms with E-state index in [4.69, 9.17) is 4.74 Å². The number of carbonyl (C=O) groups is 3. The van der Waals surface area contributed by atoms with Crippen molar-refractivity contribution in [1.29, 1.82) is 0 Å². The first kappa shape index (κ1) is 22.5. The SMILES string of the molecule is CCC(C)[C@@H](NC(=O)[C@@H](CC(C)C)NC(=O)OCc1ccccc1)C(=O)O. The summed E-state index contributed by atoms with van der Waals surface area (Å²) in [6, 6.07) is 7.34. The van der Waals surface area contributed by atoms with Crippen molar-refractivity contribution in [2.75, 3.05) is 0 Å². The normalized spacial score (nSPS) is 14.1. The molecule has 0 saturated carbocycles. The number of hydrogen-bond acceptors (Lipinski definition) is 4. The Morgan fingerprint density at radius 2 is 1.70 bits per heavy atom. The number of ether oxygens (including phenoxy) is 1. The van der Waals surface area contributed by atoms with E-state index < -0.39 is 30.1 Å². The fraction of sp³-hybridized carbons (Fsp3) is 0.550. The Kier molecular flexibility index (Phi) is 9.33. The van der Waals surface area contributed by atoms with Crippen molar-refractivity contribution >= 4 is 18.0 Å². The molecule has 1 rings (SSSR count). The smallest absolute Gasteiger partial charge is 0.408 e. The van der Waals surface area contributed by atoms with Crippen LogP contribution < -0.4 is 10.6 Å². The van der Waals surface area contributed by atoms with Gasteiger partial charge in [0.05, 0.1) is 0 Å². The average Bonchev–Trinajstić information content (AvgIpc) is 2.63. The molecule has 0 saturated heterocycles. The van der Waals surface area contributed by atoms with Crippen LogP contribution in [0, 0.1) is 11.8 Å². The summed E-state index contributed by atoms with van der Waals surface area (Å²) in [6.07, 6.45) is 0.271. The van der Waals surface area contributed by atoms with Gasteiger partial charge in [-0.3, -0.25) is 4.79 Å². The van der Waals surface area contributed by atoms with Crippen LogP contribution in [-0.4, -0.2) is 35.2 Å². The summed E-state index contributed by atoms with van der Waals surface area (Å²) < 4.78 is 5.16. The number of rotatable bonds is 10. The lowest BCUT2D eigenvalue weighted by atomic mass is 9.97. The van der Waals surface area contributed by atoms with Gasteiger partial charge >= 0.3 is 12.1 Å². The highest BCUT2D eigenvalue weighted by molar-refractivity contribution is 5.89. The Morgan fingerprint density at radius 3 is 2.22 bits per heavy atom. The van der Waals surface area contributed by atoms with E-state index in [0.717, 1.165) is 5.56 Å². The van der Waals surface area contributed by atoms with E-state index in [-0.39, 0.29) is 18.4 Å². The predicted octanol–water partition coefficient (Wildman–Crippen LogP) is 2.94. The third kappa shape index (κ3) is 8.11. The molecular formula is C20H30N2O5. The molecule has 1 aromatic rings. The molecule has 27 heavy (non-hydrogen) atoms. The van der Waals surface area contributed by atoms with Crippen LogP contribution >= 0.6 is 0 Å². The quantitative estimate of drug-likeness (QED) is 0.581. The van der Waals surface area contributed by atoms with Crippen LogP contribution in [0.3, 0.4) is 0 Å². The van der Waals surface area contributed by atoms with Crippen molar-refractivity contribution in [2.45, 2.75) is 59.2 Å². The molecule has 150 valence electrons. The molecule has 2 amide bonds. The summed E-state index contributed by atoms with van der Waals surface area (Å²) >= 11 is 0. The zero-order chi connectivity index (χ0) is 20.4. The lowest BCUT2D eigenvalue weighted by Crippen LogP contribution is -2.53. The fourth-order valence-electron chi connectivity index (χ4n) is 2.55. The van der Waals surface area contributed by atoms with Crippen molar-refractivity contribution in [2.24, 2.45) is 11.8 Å². The maximum atomic E-state index is 12.6. The molecule has 0 aliphatic rings. The van der Waals surface area contributed by atoms with Crippen LogP contribution in [0.4, 0.5) is 4.79 Å². The lowest BCUT2D eigenvalue weighted by Gasteiger charge is -2.25. The highest BCUT2D eigenvalue weighted by Gasteiger charge is 2.30. The fourth-order valence-corrected chi connectivity index (χ4v) is 2.55. The summed E-state index contributed by atoms with van der Waals surface area (Å²) in [5.41, 5.74) is 0.834. The number of carbonyl (C=O) groups excluding carboxylic acids is 2. The van der Waals surface area contributed by atoms with Crippen LogP contribution in [-0.2, 0) is 20.9 Å². The third-order valence-electron chi connectivity index (χ3n) is 4.31. The maximum absolute atomic E-state index is 12.6. The van der Waals surface area contributed by atoms with Gasteiger partial charge in [0.1, 0.15) is 18.7 Å². The Morgan fingerprint density at radius 1 is 1.07 bits per heavy atom. The zero-order valence-electron chi connectivity index (χ0n) is 16.4. The molecule has 0 heterocycles. The van der Waals surface area contributed by atoms with Crippen molar-refractivity contribution in [3.05, 3.63) is 35.9 Å². The minimum Gasteiger partial charge on any atom is -0.480 e. The van der Waals surface area contributed by atoms with Gasteiger partial charge in [-0.1, -0.05) is 64.4 Å². The minimum atomic E-state index is -1.09. The van der Waals surface area contributed by atoms with Gasteiger partial charge in [0, 0.05) is 0 Å². The summed E-state index contributed by atoms with van der Waals surface area (Å²) in [4.78, 5) is 36.1. The zero-order valence-corrected chi connectivity index (χ0v) is 16.4. The van der Waals surface area contributed by atoms with Gasteiger partial charge in [0.2, 0.25) is 5.91 Å².